The van der Waals surface area contributed by atoms with Crippen LogP contribution in [-0.4, -0.2) is 4.98 Å². The highest BCUT2D eigenvalue weighted by Gasteiger charge is 2.39. The SMILES string of the molecule is N#CCc1cnc(C(F)(F)F)cc1C(F)(F)F. The Kier molecular flexibility index (Phi) is 3.31. The van der Waals surface area contributed by atoms with Gasteiger partial charge in [-0.15, -0.1) is 0 Å². The lowest BCUT2D eigenvalue weighted by atomic mass is 10.1. The molecule has 2 nitrogen and oxygen atoms in total. The Hall–Kier alpha value is -1.78. The van der Waals surface area contributed by atoms with Crippen LogP contribution in [0.5, 0.6) is 0 Å². The molecule has 0 aliphatic heterocycles. The molecule has 0 saturated heterocycles. The third-order valence-electron chi connectivity index (χ3n) is 1.85. The van der Waals surface area contributed by atoms with E-state index in [2.05, 4.69) is 4.98 Å². The zero-order valence-electron chi connectivity index (χ0n) is 8.02. The molecular formula is C9H4F6N2. The van der Waals surface area contributed by atoms with Gasteiger partial charge in [0.2, 0.25) is 0 Å². The predicted molar refractivity (Wildman–Crippen MR) is 43.6 cm³/mol. The number of hydrogen-bond acceptors (Lipinski definition) is 2. The summed E-state index contributed by atoms with van der Waals surface area (Å²) in [6, 6.07) is 1.34. The predicted octanol–water partition coefficient (Wildman–Crippen LogP) is 3.19. The summed E-state index contributed by atoms with van der Waals surface area (Å²) in [5.41, 5.74) is -3.69. The Bertz CT molecular complexity index is 454. The van der Waals surface area contributed by atoms with Crippen LogP contribution in [0.1, 0.15) is 16.8 Å². The van der Waals surface area contributed by atoms with E-state index in [9.17, 15) is 26.3 Å². The summed E-state index contributed by atoms with van der Waals surface area (Å²) in [7, 11) is 0. The summed E-state index contributed by atoms with van der Waals surface area (Å²) in [5.74, 6) is 0. The van der Waals surface area contributed by atoms with E-state index >= 15 is 0 Å². The highest BCUT2D eigenvalue weighted by Crippen LogP contribution is 2.36. The topological polar surface area (TPSA) is 36.7 Å². The van der Waals surface area contributed by atoms with Crippen molar-refractivity contribution in [3.05, 3.63) is 29.1 Å². The summed E-state index contributed by atoms with van der Waals surface area (Å²) < 4.78 is 73.8. The number of aromatic nitrogens is 1. The number of pyridine rings is 1. The molecule has 0 amide bonds. The molecular weight excluding hydrogens is 250 g/mol. The fourth-order valence-electron chi connectivity index (χ4n) is 1.13. The normalized spacial score (nSPS) is 12.3. The second kappa shape index (κ2) is 4.24. The molecule has 0 saturated carbocycles. The highest BCUT2D eigenvalue weighted by atomic mass is 19.4. The van der Waals surface area contributed by atoms with Crippen LogP contribution in [0.25, 0.3) is 0 Å². The van der Waals surface area contributed by atoms with Crippen LogP contribution in [0.3, 0.4) is 0 Å². The monoisotopic (exact) mass is 254 g/mol. The molecule has 0 aliphatic rings. The quantitative estimate of drug-likeness (QED) is 0.721. The summed E-state index contributed by atoms with van der Waals surface area (Å²) in [5, 5.41) is 8.27. The van der Waals surface area contributed by atoms with E-state index in [1.807, 2.05) is 0 Å². The second-order valence-corrected chi connectivity index (χ2v) is 3.06. The maximum atomic E-state index is 12.4. The van der Waals surface area contributed by atoms with E-state index in [0.717, 1.165) is 0 Å². The van der Waals surface area contributed by atoms with E-state index in [-0.39, 0.29) is 6.07 Å². The maximum Gasteiger partial charge on any atom is 0.433 e. The zero-order valence-corrected chi connectivity index (χ0v) is 8.02. The zero-order chi connectivity index (χ0) is 13.3. The van der Waals surface area contributed by atoms with Crippen molar-refractivity contribution in [1.29, 1.82) is 5.26 Å². The van der Waals surface area contributed by atoms with Crippen molar-refractivity contribution < 1.29 is 26.3 Å². The van der Waals surface area contributed by atoms with Crippen LogP contribution in [0.4, 0.5) is 26.3 Å². The highest BCUT2D eigenvalue weighted by molar-refractivity contribution is 5.32. The minimum Gasteiger partial charge on any atom is -0.251 e. The molecule has 0 N–H and O–H groups in total. The lowest BCUT2D eigenvalue weighted by molar-refractivity contribution is -0.145. The minimum atomic E-state index is -4.95. The molecule has 0 aromatic carbocycles. The van der Waals surface area contributed by atoms with Crippen molar-refractivity contribution in [3.8, 4) is 6.07 Å². The van der Waals surface area contributed by atoms with Crippen molar-refractivity contribution in [1.82, 2.24) is 4.98 Å². The van der Waals surface area contributed by atoms with Gasteiger partial charge in [0, 0.05) is 6.20 Å². The molecule has 8 heteroatoms. The van der Waals surface area contributed by atoms with Crippen molar-refractivity contribution in [2.24, 2.45) is 0 Å². The molecule has 0 radical (unpaired) electrons. The molecule has 0 unspecified atom stereocenters. The van der Waals surface area contributed by atoms with Crippen LogP contribution >= 0.6 is 0 Å². The molecule has 0 fully saturated rings. The molecule has 1 aromatic rings. The van der Waals surface area contributed by atoms with E-state index in [1.54, 1.807) is 0 Å². The van der Waals surface area contributed by atoms with Crippen molar-refractivity contribution in [2.75, 3.05) is 0 Å². The Morgan fingerprint density at radius 3 is 2.12 bits per heavy atom. The van der Waals surface area contributed by atoms with Gasteiger partial charge in [0.1, 0.15) is 5.69 Å². The van der Waals surface area contributed by atoms with Crippen LogP contribution in [0.15, 0.2) is 12.3 Å². The Balaban J connectivity index is 3.36. The third kappa shape index (κ3) is 3.09. The Morgan fingerprint density at radius 1 is 1.12 bits per heavy atom. The standard InChI is InChI=1S/C9H4F6N2/c10-8(11,12)6-3-7(9(13,14)15)17-4-5(6)1-2-16/h3-4H,1H2. The number of hydrogen-bond donors (Lipinski definition) is 0. The molecule has 17 heavy (non-hydrogen) atoms. The van der Waals surface area contributed by atoms with Gasteiger partial charge in [-0.1, -0.05) is 0 Å². The Labute approximate surface area is 91.5 Å². The van der Waals surface area contributed by atoms with Gasteiger partial charge in [-0.05, 0) is 11.6 Å². The van der Waals surface area contributed by atoms with Gasteiger partial charge in [-0.25, -0.2) is 0 Å². The molecule has 1 aromatic heterocycles. The molecule has 0 bridgehead atoms. The smallest absolute Gasteiger partial charge is 0.251 e. The first-order chi connectivity index (χ1) is 7.66. The van der Waals surface area contributed by atoms with Gasteiger partial charge in [-0.2, -0.15) is 31.6 Å². The van der Waals surface area contributed by atoms with Gasteiger partial charge < -0.3 is 0 Å². The summed E-state index contributed by atoms with van der Waals surface area (Å²) in [6.45, 7) is 0. The van der Waals surface area contributed by atoms with Crippen LogP contribution in [0.2, 0.25) is 0 Å². The number of nitriles is 1. The third-order valence-corrected chi connectivity index (χ3v) is 1.85. The summed E-state index contributed by atoms with van der Waals surface area (Å²) in [6.07, 6.45) is -10.1. The van der Waals surface area contributed by atoms with Gasteiger partial charge in [0.25, 0.3) is 0 Å². The van der Waals surface area contributed by atoms with Gasteiger partial charge in [0.05, 0.1) is 18.1 Å². The average molecular weight is 254 g/mol. The van der Waals surface area contributed by atoms with Gasteiger partial charge in [0.15, 0.2) is 0 Å². The largest absolute Gasteiger partial charge is 0.433 e. The van der Waals surface area contributed by atoms with Gasteiger partial charge in [-0.3, -0.25) is 4.98 Å². The van der Waals surface area contributed by atoms with E-state index < -0.39 is 35.6 Å². The van der Waals surface area contributed by atoms with Crippen molar-refractivity contribution in [3.63, 3.8) is 0 Å². The fraction of sp³-hybridized carbons (Fsp3) is 0.333. The van der Waals surface area contributed by atoms with Crippen molar-refractivity contribution in [2.45, 2.75) is 18.8 Å². The van der Waals surface area contributed by atoms with Gasteiger partial charge >= 0.3 is 12.4 Å². The van der Waals surface area contributed by atoms with Crippen molar-refractivity contribution >= 4 is 0 Å². The first kappa shape index (κ1) is 13.3. The molecule has 1 rings (SSSR count). The Morgan fingerprint density at radius 2 is 1.71 bits per heavy atom. The lowest BCUT2D eigenvalue weighted by Crippen LogP contribution is -2.15. The van der Waals surface area contributed by atoms with E-state index in [4.69, 9.17) is 5.26 Å². The fourth-order valence-corrected chi connectivity index (χ4v) is 1.13. The van der Waals surface area contributed by atoms with Crippen LogP contribution in [0, 0.1) is 11.3 Å². The first-order valence-corrected chi connectivity index (χ1v) is 4.16. The number of halogens is 6. The molecule has 0 spiro atoms. The molecule has 92 valence electrons. The van der Waals surface area contributed by atoms with Crippen LogP contribution in [-0.2, 0) is 18.8 Å². The van der Waals surface area contributed by atoms with Crippen LogP contribution < -0.4 is 0 Å². The summed E-state index contributed by atoms with van der Waals surface area (Å²) in [4.78, 5) is 2.87. The number of alkyl halides is 6. The van der Waals surface area contributed by atoms with E-state index in [1.165, 1.54) is 6.07 Å². The minimum absolute atomic E-state index is 0.0906. The maximum absolute atomic E-state index is 12.4. The van der Waals surface area contributed by atoms with E-state index in [0.29, 0.717) is 6.20 Å². The average Bonchev–Trinajstić information content (AvgIpc) is 2.15. The molecule has 0 aliphatic carbocycles. The number of rotatable bonds is 1. The first-order valence-electron chi connectivity index (χ1n) is 4.16. The summed E-state index contributed by atoms with van der Waals surface area (Å²) >= 11 is 0. The molecule has 0 atom stereocenters. The second-order valence-electron chi connectivity index (χ2n) is 3.06. The molecule has 1 heterocycles. The number of nitrogens with zero attached hydrogens (tertiary/aromatic N) is 2. The lowest BCUT2D eigenvalue weighted by Gasteiger charge is -2.13.